The van der Waals surface area contributed by atoms with Crippen LogP contribution in [-0.4, -0.2) is 4.98 Å². The molecule has 0 atom stereocenters. The molecule has 0 amide bonds. The highest BCUT2D eigenvalue weighted by Crippen LogP contribution is 2.27. The molecule has 1 aromatic carbocycles. The first kappa shape index (κ1) is 8.63. The third kappa shape index (κ3) is 1.33. The maximum atomic E-state index is 13.3. The van der Waals surface area contributed by atoms with E-state index in [2.05, 4.69) is 20.9 Å². The van der Waals surface area contributed by atoms with Crippen molar-refractivity contribution in [2.45, 2.75) is 6.92 Å². The van der Waals surface area contributed by atoms with Gasteiger partial charge in [0.1, 0.15) is 11.3 Å². The van der Waals surface area contributed by atoms with Crippen LogP contribution in [0.5, 0.6) is 0 Å². The predicted molar refractivity (Wildman–Crippen MR) is 54.1 cm³/mol. The predicted octanol–water partition coefficient (Wildman–Crippen LogP) is 3.44. The van der Waals surface area contributed by atoms with Crippen molar-refractivity contribution in [1.29, 1.82) is 0 Å². The summed E-state index contributed by atoms with van der Waals surface area (Å²) in [4.78, 5) is 3.98. The Morgan fingerprint density at radius 1 is 1.46 bits per heavy atom. The first-order valence-corrected chi connectivity index (χ1v) is 4.69. The van der Waals surface area contributed by atoms with Crippen LogP contribution >= 0.6 is 15.9 Å². The molecule has 1 heterocycles. The second kappa shape index (κ2) is 3.07. The highest BCUT2D eigenvalue weighted by molar-refractivity contribution is 9.10. The second-order valence-corrected chi connectivity index (χ2v) is 3.68. The van der Waals surface area contributed by atoms with Crippen LogP contribution < -0.4 is 0 Å². The van der Waals surface area contributed by atoms with E-state index in [0.29, 0.717) is 5.52 Å². The van der Waals surface area contributed by atoms with E-state index in [1.54, 1.807) is 12.3 Å². The monoisotopic (exact) mass is 239 g/mol. The lowest BCUT2D eigenvalue weighted by Crippen LogP contribution is -1.87. The van der Waals surface area contributed by atoms with Crippen LogP contribution in [0.3, 0.4) is 0 Å². The van der Waals surface area contributed by atoms with Gasteiger partial charge in [0, 0.05) is 16.1 Å². The quantitative estimate of drug-likeness (QED) is 0.687. The third-order valence-corrected chi connectivity index (χ3v) is 3.01. The van der Waals surface area contributed by atoms with E-state index in [9.17, 15) is 4.39 Å². The van der Waals surface area contributed by atoms with E-state index in [1.807, 2.05) is 13.0 Å². The molecule has 0 spiro atoms. The molecular formula is C10H7BrFN. The lowest BCUT2D eigenvalue weighted by Gasteiger charge is -2.03. The van der Waals surface area contributed by atoms with Gasteiger partial charge in [-0.25, -0.2) is 4.39 Å². The summed E-state index contributed by atoms with van der Waals surface area (Å²) < 4.78 is 14.3. The maximum Gasteiger partial charge on any atom is 0.149 e. The maximum absolute atomic E-state index is 13.3. The first-order valence-electron chi connectivity index (χ1n) is 3.89. The summed E-state index contributed by atoms with van der Waals surface area (Å²) >= 11 is 3.41. The van der Waals surface area contributed by atoms with Crippen molar-refractivity contribution in [2.75, 3.05) is 0 Å². The fourth-order valence-electron chi connectivity index (χ4n) is 1.31. The van der Waals surface area contributed by atoms with Crippen LogP contribution in [0.25, 0.3) is 10.9 Å². The lowest BCUT2D eigenvalue weighted by atomic mass is 10.1. The van der Waals surface area contributed by atoms with Crippen molar-refractivity contribution in [3.8, 4) is 0 Å². The van der Waals surface area contributed by atoms with E-state index in [4.69, 9.17) is 0 Å². The minimum absolute atomic E-state index is 0.267. The molecule has 2 aromatic rings. The van der Waals surface area contributed by atoms with Gasteiger partial charge in [0.2, 0.25) is 0 Å². The van der Waals surface area contributed by atoms with Crippen LogP contribution in [0.1, 0.15) is 5.56 Å². The summed E-state index contributed by atoms with van der Waals surface area (Å²) in [6, 6.07) is 5.13. The van der Waals surface area contributed by atoms with Gasteiger partial charge in [0.25, 0.3) is 0 Å². The molecule has 0 radical (unpaired) electrons. The van der Waals surface area contributed by atoms with Crippen LogP contribution in [0.4, 0.5) is 4.39 Å². The Bertz CT molecular complexity index is 468. The average molecular weight is 240 g/mol. The van der Waals surface area contributed by atoms with E-state index in [1.165, 1.54) is 6.07 Å². The molecule has 0 aliphatic heterocycles. The van der Waals surface area contributed by atoms with Gasteiger partial charge in [-0.3, -0.25) is 4.98 Å². The Hall–Kier alpha value is -0.960. The van der Waals surface area contributed by atoms with Gasteiger partial charge < -0.3 is 0 Å². The molecule has 66 valence electrons. The summed E-state index contributed by atoms with van der Waals surface area (Å²) in [5.41, 5.74) is 1.30. The SMILES string of the molecule is Cc1cc(F)c2ncccc2c1Br. The number of hydrogen-bond donors (Lipinski definition) is 0. The van der Waals surface area contributed by atoms with Crippen molar-refractivity contribution in [3.63, 3.8) is 0 Å². The number of aryl methyl sites for hydroxylation is 1. The summed E-state index contributed by atoms with van der Waals surface area (Å²) in [5, 5.41) is 0.819. The molecule has 1 aromatic heterocycles. The van der Waals surface area contributed by atoms with E-state index >= 15 is 0 Å². The van der Waals surface area contributed by atoms with Crippen LogP contribution in [-0.2, 0) is 0 Å². The number of hydrogen-bond acceptors (Lipinski definition) is 1. The fourth-order valence-corrected chi connectivity index (χ4v) is 1.74. The van der Waals surface area contributed by atoms with Crippen molar-refractivity contribution in [3.05, 3.63) is 40.2 Å². The highest BCUT2D eigenvalue weighted by Gasteiger charge is 2.07. The molecule has 0 fully saturated rings. The summed E-state index contributed by atoms with van der Waals surface area (Å²) in [7, 11) is 0. The van der Waals surface area contributed by atoms with Gasteiger partial charge in [0.15, 0.2) is 0 Å². The zero-order chi connectivity index (χ0) is 9.42. The van der Waals surface area contributed by atoms with Crippen molar-refractivity contribution >= 4 is 26.8 Å². The Balaban J connectivity index is 2.97. The first-order chi connectivity index (χ1) is 6.20. The zero-order valence-electron chi connectivity index (χ0n) is 7.01. The number of pyridine rings is 1. The average Bonchev–Trinajstić information content (AvgIpc) is 2.15. The lowest BCUT2D eigenvalue weighted by molar-refractivity contribution is 0.635. The molecule has 2 rings (SSSR count). The van der Waals surface area contributed by atoms with Crippen molar-refractivity contribution in [2.24, 2.45) is 0 Å². The van der Waals surface area contributed by atoms with E-state index in [0.717, 1.165) is 15.4 Å². The molecule has 1 nitrogen and oxygen atoms in total. The summed E-state index contributed by atoms with van der Waals surface area (Å²) in [5.74, 6) is -0.267. The van der Waals surface area contributed by atoms with Crippen molar-refractivity contribution < 1.29 is 4.39 Å². The normalized spacial score (nSPS) is 10.7. The third-order valence-electron chi connectivity index (χ3n) is 1.96. The Morgan fingerprint density at radius 3 is 3.00 bits per heavy atom. The molecule has 0 bridgehead atoms. The van der Waals surface area contributed by atoms with E-state index < -0.39 is 0 Å². The zero-order valence-corrected chi connectivity index (χ0v) is 8.60. The number of fused-ring (bicyclic) bond motifs is 1. The Kier molecular flexibility index (Phi) is 2.04. The molecule has 0 saturated carbocycles. The number of rotatable bonds is 0. The molecule has 0 saturated heterocycles. The Labute approximate surface area is 83.7 Å². The van der Waals surface area contributed by atoms with E-state index in [-0.39, 0.29) is 5.82 Å². The van der Waals surface area contributed by atoms with Crippen LogP contribution in [0.15, 0.2) is 28.9 Å². The van der Waals surface area contributed by atoms with Gasteiger partial charge >= 0.3 is 0 Å². The topological polar surface area (TPSA) is 12.9 Å². The summed E-state index contributed by atoms with van der Waals surface area (Å²) in [6.07, 6.45) is 1.59. The molecule has 3 heteroatoms. The van der Waals surface area contributed by atoms with Crippen molar-refractivity contribution in [1.82, 2.24) is 4.98 Å². The standard InChI is InChI=1S/C10H7BrFN/c1-6-5-8(12)10-7(9(6)11)3-2-4-13-10/h2-5H,1H3. The van der Waals surface area contributed by atoms with Gasteiger partial charge in [0.05, 0.1) is 0 Å². The van der Waals surface area contributed by atoms with Crippen LogP contribution in [0.2, 0.25) is 0 Å². The second-order valence-electron chi connectivity index (χ2n) is 2.89. The number of nitrogens with zero attached hydrogens (tertiary/aromatic N) is 1. The highest BCUT2D eigenvalue weighted by atomic mass is 79.9. The smallest absolute Gasteiger partial charge is 0.149 e. The summed E-state index contributed by atoms with van der Waals surface area (Å²) in [6.45, 7) is 1.86. The molecule has 0 unspecified atom stereocenters. The number of benzene rings is 1. The van der Waals surface area contributed by atoms with Crippen LogP contribution in [0, 0.1) is 12.7 Å². The number of halogens is 2. The van der Waals surface area contributed by atoms with Gasteiger partial charge in [-0.05, 0) is 40.5 Å². The van der Waals surface area contributed by atoms with Gasteiger partial charge in [-0.15, -0.1) is 0 Å². The molecule has 0 aliphatic carbocycles. The molecule has 0 aliphatic rings. The number of aromatic nitrogens is 1. The molecular weight excluding hydrogens is 233 g/mol. The fraction of sp³-hybridized carbons (Fsp3) is 0.100. The minimum atomic E-state index is -0.267. The minimum Gasteiger partial charge on any atom is -0.253 e. The van der Waals surface area contributed by atoms with Gasteiger partial charge in [-0.1, -0.05) is 6.07 Å². The molecule has 13 heavy (non-hydrogen) atoms. The van der Waals surface area contributed by atoms with Gasteiger partial charge in [-0.2, -0.15) is 0 Å². The Morgan fingerprint density at radius 2 is 2.23 bits per heavy atom. The molecule has 0 N–H and O–H groups in total. The largest absolute Gasteiger partial charge is 0.253 e.